The number of nitriles is 1. The number of nitrogens with one attached hydrogen (secondary N) is 1. The summed E-state index contributed by atoms with van der Waals surface area (Å²) in [5.41, 5.74) is 4.96. The summed E-state index contributed by atoms with van der Waals surface area (Å²) in [4.78, 5) is 15.5. The van der Waals surface area contributed by atoms with Crippen LogP contribution >= 0.6 is 0 Å². The molecule has 3 aromatic rings. The average molecular weight is 304 g/mol. The number of H-pyrrole nitrogens is 1. The van der Waals surface area contributed by atoms with E-state index in [1.807, 2.05) is 32.0 Å². The minimum atomic E-state index is -0.391. The van der Waals surface area contributed by atoms with E-state index < -0.39 is 5.97 Å². The largest absolute Gasteiger partial charge is 0.457 e. The third-order valence-corrected chi connectivity index (χ3v) is 4.04. The highest BCUT2D eigenvalue weighted by atomic mass is 16.5. The number of aromatic nitrogens is 1. The highest BCUT2D eigenvalue weighted by Gasteiger charge is 2.12. The van der Waals surface area contributed by atoms with Crippen LogP contribution in [0.15, 0.2) is 42.5 Å². The van der Waals surface area contributed by atoms with Crippen molar-refractivity contribution in [2.24, 2.45) is 0 Å². The quantitative estimate of drug-likeness (QED) is 0.743. The Bertz CT molecular complexity index is 932. The van der Waals surface area contributed by atoms with E-state index in [0.29, 0.717) is 16.7 Å². The Labute approximate surface area is 134 Å². The molecule has 0 aliphatic heterocycles. The van der Waals surface area contributed by atoms with E-state index in [9.17, 15) is 4.79 Å². The Hall–Kier alpha value is -3.06. The number of rotatable bonds is 3. The summed E-state index contributed by atoms with van der Waals surface area (Å²) in [5.74, 6) is -0.391. The van der Waals surface area contributed by atoms with Crippen LogP contribution in [-0.4, -0.2) is 11.0 Å². The maximum Gasteiger partial charge on any atom is 0.338 e. The third-order valence-electron chi connectivity index (χ3n) is 4.04. The van der Waals surface area contributed by atoms with E-state index in [4.69, 9.17) is 10.00 Å². The summed E-state index contributed by atoms with van der Waals surface area (Å²) in [6.07, 6.45) is 0. The molecule has 0 saturated carbocycles. The monoisotopic (exact) mass is 304 g/mol. The third kappa shape index (κ3) is 2.82. The number of aryl methyl sites for hydroxylation is 2. The second kappa shape index (κ2) is 5.98. The maximum atomic E-state index is 12.3. The SMILES string of the molecule is Cc1[nH]c2ccc(C(=O)OCc3ccccc3C#N)cc2c1C. The Morgan fingerprint density at radius 1 is 1.22 bits per heavy atom. The number of benzene rings is 2. The summed E-state index contributed by atoms with van der Waals surface area (Å²) in [7, 11) is 0. The van der Waals surface area contributed by atoms with Crippen molar-refractivity contribution in [1.29, 1.82) is 5.26 Å². The molecule has 0 atom stereocenters. The van der Waals surface area contributed by atoms with Gasteiger partial charge in [-0.15, -0.1) is 0 Å². The predicted molar refractivity (Wildman–Crippen MR) is 88.0 cm³/mol. The minimum Gasteiger partial charge on any atom is -0.457 e. The van der Waals surface area contributed by atoms with Crippen molar-refractivity contribution in [2.75, 3.05) is 0 Å². The number of hydrogen-bond donors (Lipinski definition) is 1. The van der Waals surface area contributed by atoms with Crippen LogP contribution in [0.5, 0.6) is 0 Å². The molecule has 0 radical (unpaired) electrons. The van der Waals surface area contributed by atoms with Crippen LogP contribution in [0, 0.1) is 25.2 Å². The first kappa shape index (κ1) is 14.9. The zero-order chi connectivity index (χ0) is 16.4. The Kier molecular flexibility index (Phi) is 3.86. The molecule has 3 rings (SSSR count). The first-order valence-electron chi connectivity index (χ1n) is 7.34. The van der Waals surface area contributed by atoms with Crippen molar-refractivity contribution < 1.29 is 9.53 Å². The number of carbonyl (C=O) groups is 1. The molecule has 0 saturated heterocycles. The second-order valence-corrected chi connectivity index (χ2v) is 5.48. The molecule has 4 heteroatoms. The molecule has 0 fully saturated rings. The number of aromatic amines is 1. The van der Waals surface area contributed by atoms with Gasteiger partial charge in [-0.25, -0.2) is 4.79 Å². The van der Waals surface area contributed by atoms with E-state index >= 15 is 0 Å². The highest BCUT2D eigenvalue weighted by Crippen LogP contribution is 2.23. The van der Waals surface area contributed by atoms with Crippen molar-refractivity contribution in [2.45, 2.75) is 20.5 Å². The average Bonchev–Trinajstić information content (AvgIpc) is 2.87. The van der Waals surface area contributed by atoms with Crippen molar-refractivity contribution >= 4 is 16.9 Å². The standard InChI is InChI=1S/C19H16N2O2/c1-12-13(2)21-18-8-7-14(9-17(12)18)19(22)23-11-16-6-4-3-5-15(16)10-20/h3-9,21H,11H2,1-2H3. The smallest absolute Gasteiger partial charge is 0.338 e. The molecule has 1 heterocycles. The van der Waals surface area contributed by atoms with Gasteiger partial charge in [-0.3, -0.25) is 0 Å². The summed E-state index contributed by atoms with van der Waals surface area (Å²) in [6.45, 7) is 4.12. The lowest BCUT2D eigenvalue weighted by Crippen LogP contribution is -2.06. The fourth-order valence-corrected chi connectivity index (χ4v) is 2.57. The van der Waals surface area contributed by atoms with Crippen LogP contribution in [0.25, 0.3) is 10.9 Å². The van der Waals surface area contributed by atoms with Crippen LogP contribution in [0.4, 0.5) is 0 Å². The normalized spacial score (nSPS) is 10.5. The topological polar surface area (TPSA) is 65.9 Å². The number of hydrogen-bond acceptors (Lipinski definition) is 3. The zero-order valence-electron chi connectivity index (χ0n) is 13.0. The second-order valence-electron chi connectivity index (χ2n) is 5.48. The van der Waals surface area contributed by atoms with Gasteiger partial charge in [0.1, 0.15) is 6.61 Å². The summed E-state index contributed by atoms with van der Waals surface area (Å²) in [5, 5.41) is 10.1. The van der Waals surface area contributed by atoms with Crippen LogP contribution in [-0.2, 0) is 11.3 Å². The van der Waals surface area contributed by atoms with Crippen molar-refractivity contribution in [1.82, 2.24) is 4.98 Å². The van der Waals surface area contributed by atoms with Gasteiger partial charge in [0.05, 0.1) is 17.2 Å². The van der Waals surface area contributed by atoms with E-state index in [2.05, 4.69) is 11.1 Å². The zero-order valence-corrected chi connectivity index (χ0v) is 13.0. The molecule has 1 N–H and O–H groups in total. The molecule has 4 nitrogen and oxygen atoms in total. The van der Waals surface area contributed by atoms with Gasteiger partial charge in [0.15, 0.2) is 0 Å². The van der Waals surface area contributed by atoms with E-state index in [-0.39, 0.29) is 6.61 Å². The number of carbonyl (C=O) groups excluding carboxylic acids is 1. The van der Waals surface area contributed by atoms with E-state index in [1.54, 1.807) is 24.3 Å². The van der Waals surface area contributed by atoms with Crippen LogP contribution in [0.1, 0.15) is 32.7 Å². The minimum absolute atomic E-state index is 0.0890. The van der Waals surface area contributed by atoms with Crippen molar-refractivity contribution in [3.63, 3.8) is 0 Å². The lowest BCUT2D eigenvalue weighted by atomic mass is 10.1. The number of esters is 1. The lowest BCUT2D eigenvalue weighted by molar-refractivity contribution is 0.0472. The number of nitrogens with zero attached hydrogens (tertiary/aromatic N) is 1. The van der Waals surface area contributed by atoms with Crippen molar-refractivity contribution in [3.05, 3.63) is 70.4 Å². The molecule has 23 heavy (non-hydrogen) atoms. The molecular weight excluding hydrogens is 288 g/mol. The van der Waals surface area contributed by atoms with E-state index in [0.717, 1.165) is 22.2 Å². The van der Waals surface area contributed by atoms with Crippen LogP contribution < -0.4 is 0 Å². The molecule has 1 aromatic heterocycles. The molecule has 114 valence electrons. The van der Waals surface area contributed by atoms with Gasteiger partial charge in [0, 0.05) is 22.2 Å². The molecule has 2 aromatic carbocycles. The summed E-state index contributed by atoms with van der Waals surface area (Å²) < 4.78 is 5.35. The molecule has 0 bridgehead atoms. The summed E-state index contributed by atoms with van der Waals surface area (Å²) >= 11 is 0. The maximum absolute atomic E-state index is 12.3. The predicted octanol–water partition coefficient (Wildman–Crippen LogP) is 4.01. The van der Waals surface area contributed by atoms with Gasteiger partial charge >= 0.3 is 5.97 Å². The van der Waals surface area contributed by atoms with Gasteiger partial charge in [0.25, 0.3) is 0 Å². The lowest BCUT2D eigenvalue weighted by Gasteiger charge is -2.06. The molecule has 0 aliphatic carbocycles. The Balaban J connectivity index is 1.81. The van der Waals surface area contributed by atoms with Gasteiger partial charge < -0.3 is 9.72 Å². The molecule has 0 unspecified atom stereocenters. The van der Waals surface area contributed by atoms with Crippen molar-refractivity contribution in [3.8, 4) is 6.07 Å². The highest BCUT2D eigenvalue weighted by molar-refractivity contribution is 5.96. The van der Waals surface area contributed by atoms with Gasteiger partial charge in [0.2, 0.25) is 0 Å². The molecule has 0 spiro atoms. The first-order chi connectivity index (χ1) is 11.1. The van der Waals surface area contributed by atoms with Gasteiger partial charge in [-0.05, 0) is 43.7 Å². The van der Waals surface area contributed by atoms with Crippen LogP contribution in [0.2, 0.25) is 0 Å². The molecule has 0 aliphatic rings. The molecule has 0 amide bonds. The Morgan fingerprint density at radius 3 is 2.78 bits per heavy atom. The summed E-state index contributed by atoms with van der Waals surface area (Å²) in [6, 6.07) is 14.7. The fourth-order valence-electron chi connectivity index (χ4n) is 2.57. The Morgan fingerprint density at radius 2 is 2.00 bits per heavy atom. The number of ether oxygens (including phenoxy) is 1. The fraction of sp³-hybridized carbons (Fsp3) is 0.158. The first-order valence-corrected chi connectivity index (χ1v) is 7.34. The van der Waals surface area contributed by atoms with Crippen LogP contribution in [0.3, 0.4) is 0 Å². The molecular formula is C19H16N2O2. The van der Waals surface area contributed by atoms with Gasteiger partial charge in [-0.2, -0.15) is 5.26 Å². The number of fused-ring (bicyclic) bond motifs is 1. The van der Waals surface area contributed by atoms with E-state index in [1.165, 1.54) is 0 Å². The van der Waals surface area contributed by atoms with Gasteiger partial charge in [-0.1, -0.05) is 18.2 Å².